The van der Waals surface area contributed by atoms with Gasteiger partial charge in [0, 0.05) is 27.7 Å². The van der Waals surface area contributed by atoms with Crippen LogP contribution in [0, 0.1) is 10.1 Å². The highest BCUT2D eigenvalue weighted by Crippen LogP contribution is 2.26. The number of esters is 1. The SMILES string of the molecule is O=C(N[C@@H](CO)[C@@H](OC(=O)c1ccc(Cl)cc1)c1ccc([N+](=O)[O-])cc1)c1ccc(Cl)cc1. The molecule has 0 fully saturated rings. The molecule has 3 aromatic carbocycles. The number of halogens is 2. The number of amides is 1. The summed E-state index contributed by atoms with van der Waals surface area (Å²) in [6.45, 7) is -0.575. The lowest BCUT2D eigenvalue weighted by Gasteiger charge is -2.27. The Kier molecular flexibility index (Phi) is 8.00. The summed E-state index contributed by atoms with van der Waals surface area (Å²) in [5, 5.41) is 24.5. The Morgan fingerprint density at radius 3 is 1.91 bits per heavy atom. The third kappa shape index (κ3) is 6.29. The van der Waals surface area contributed by atoms with Gasteiger partial charge in [0.2, 0.25) is 0 Å². The molecule has 8 nitrogen and oxygen atoms in total. The fraction of sp³-hybridized carbons (Fsp3) is 0.130. The number of nitro benzene ring substituents is 1. The van der Waals surface area contributed by atoms with E-state index < -0.39 is 35.6 Å². The molecule has 0 radical (unpaired) electrons. The number of ether oxygens (including phenoxy) is 1. The number of nitrogens with zero attached hydrogens (tertiary/aromatic N) is 1. The van der Waals surface area contributed by atoms with Gasteiger partial charge < -0.3 is 15.2 Å². The third-order valence-electron chi connectivity index (χ3n) is 4.73. The van der Waals surface area contributed by atoms with E-state index in [-0.39, 0.29) is 16.8 Å². The first-order valence-electron chi connectivity index (χ1n) is 9.66. The Hall–Kier alpha value is -3.46. The molecule has 0 spiro atoms. The van der Waals surface area contributed by atoms with Crippen LogP contribution in [0.25, 0.3) is 0 Å². The molecule has 0 aliphatic rings. The van der Waals surface area contributed by atoms with E-state index in [9.17, 15) is 24.8 Å². The first-order chi connectivity index (χ1) is 15.8. The molecule has 3 aromatic rings. The van der Waals surface area contributed by atoms with Crippen LogP contribution < -0.4 is 5.32 Å². The van der Waals surface area contributed by atoms with E-state index in [2.05, 4.69) is 5.32 Å². The maximum atomic E-state index is 12.7. The number of aliphatic hydroxyl groups is 1. The van der Waals surface area contributed by atoms with E-state index in [1.165, 1.54) is 60.7 Å². The highest BCUT2D eigenvalue weighted by molar-refractivity contribution is 6.31. The van der Waals surface area contributed by atoms with E-state index in [0.29, 0.717) is 15.6 Å². The van der Waals surface area contributed by atoms with E-state index in [4.69, 9.17) is 27.9 Å². The molecule has 1 amide bonds. The van der Waals surface area contributed by atoms with Gasteiger partial charge in [-0.3, -0.25) is 14.9 Å². The summed E-state index contributed by atoms with van der Waals surface area (Å²) in [5.41, 5.74) is 0.669. The Balaban J connectivity index is 1.90. The number of nitrogens with one attached hydrogen (secondary N) is 1. The van der Waals surface area contributed by atoms with E-state index in [1.54, 1.807) is 12.1 Å². The second kappa shape index (κ2) is 10.9. The van der Waals surface area contributed by atoms with Gasteiger partial charge in [0.05, 0.1) is 23.1 Å². The van der Waals surface area contributed by atoms with Crippen molar-refractivity contribution in [1.82, 2.24) is 5.32 Å². The molecule has 0 aromatic heterocycles. The van der Waals surface area contributed by atoms with Gasteiger partial charge >= 0.3 is 5.97 Å². The highest BCUT2D eigenvalue weighted by Gasteiger charge is 2.29. The van der Waals surface area contributed by atoms with Crippen LogP contribution in [0.3, 0.4) is 0 Å². The van der Waals surface area contributed by atoms with Crippen LogP contribution in [0.2, 0.25) is 10.0 Å². The lowest BCUT2D eigenvalue weighted by Crippen LogP contribution is -2.43. The molecule has 2 N–H and O–H groups in total. The summed E-state index contributed by atoms with van der Waals surface area (Å²) in [7, 11) is 0. The second-order valence-corrected chi connectivity index (χ2v) is 7.82. The first kappa shape index (κ1) is 24.2. The molecule has 10 heteroatoms. The minimum absolute atomic E-state index is 0.160. The fourth-order valence-electron chi connectivity index (χ4n) is 3.01. The number of benzene rings is 3. The molecule has 0 bridgehead atoms. The van der Waals surface area contributed by atoms with E-state index >= 15 is 0 Å². The Bertz CT molecular complexity index is 1140. The summed E-state index contributed by atoms with van der Waals surface area (Å²) in [5.74, 6) is -1.26. The molecule has 3 rings (SSSR count). The molecule has 170 valence electrons. The summed E-state index contributed by atoms with van der Waals surface area (Å²) in [6.07, 6.45) is -1.14. The normalized spacial score (nSPS) is 12.5. The van der Waals surface area contributed by atoms with Crippen molar-refractivity contribution in [2.75, 3.05) is 6.61 Å². The van der Waals surface area contributed by atoms with Crippen LogP contribution >= 0.6 is 23.2 Å². The minimum Gasteiger partial charge on any atom is -0.452 e. The van der Waals surface area contributed by atoms with Gasteiger partial charge in [0.15, 0.2) is 0 Å². The summed E-state index contributed by atoms with van der Waals surface area (Å²) < 4.78 is 5.62. The maximum absolute atomic E-state index is 12.7. The molecule has 0 aliphatic heterocycles. The Morgan fingerprint density at radius 2 is 1.42 bits per heavy atom. The predicted octanol–water partition coefficient (Wildman–Crippen LogP) is 4.59. The predicted molar refractivity (Wildman–Crippen MR) is 122 cm³/mol. The third-order valence-corrected chi connectivity index (χ3v) is 5.24. The van der Waals surface area contributed by atoms with Crippen LogP contribution in [-0.4, -0.2) is 34.6 Å². The molecule has 0 unspecified atom stereocenters. The number of carbonyl (C=O) groups is 2. The molecule has 33 heavy (non-hydrogen) atoms. The number of non-ortho nitro benzene ring substituents is 1. The van der Waals surface area contributed by atoms with Gasteiger partial charge in [0.1, 0.15) is 6.10 Å². The topological polar surface area (TPSA) is 119 Å². The quantitative estimate of drug-likeness (QED) is 0.272. The summed E-state index contributed by atoms with van der Waals surface area (Å²) >= 11 is 11.7. The smallest absolute Gasteiger partial charge is 0.338 e. The number of carbonyl (C=O) groups excluding carboxylic acids is 2. The average Bonchev–Trinajstić information content (AvgIpc) is 2.82. The van der Waals surface area contributed by atoms with Gasteiger partial charge in [-0.05, 0) is 66.2 Å². The Labute approximate surface area is 198 Å². The number of aliphatic hydroxyl groups excluding tert-OH is 1. The molecule has 0 aliphatic carbocycles. The van der Waals surface area contributed by atoms with Gasteiger partial charge in [-0.1, -0.05) is 23.2 Å². The van der Waals surface area contributed by atoms with Crippen LogP contribution in [0.1, 0.15) is 32.4 Å². The van der Waals surface area contributed by atoms with Crippen molar-refractivity contribution in [3.05, 3.63) is 110 Å². The molecule has 0 saturated heterocycles. The van der Waals surface area contributed by atoms with Crippen molar-refractivity contribution in [1.29, 1.82) is 0 Å². The van der Waals surface area contributed by atoms with Crippen molar-refractivity contribution in [3.63, 3.8) is 0 Å². The monoisotopic (exact) mass is 488 g/mol. The van der Waals surface area contributed by atoms with Crippen molar-refractivity contribution in [2.45, 2.75) is 12.1 Å². The van der Waals surface area contributed by atoms with Gasteiger partial charge in [0.25, 0.3) is 11.6 Å². The standard InChI is InChI=1S/C23H18Cl2N2O6/c24-17-7-1-15(2-8-17)22(29)26-20(13-28)21(14-5-11-19(12-6-14)27(31)32)33-23(30)16-3-9-18(25)10-4-16/h1-12,20-21,28H,13H2,(H,26,29)/t20-,21-/m0/s1. The van der Waals surface area contributed by atoms with Crippen molar-refractivity contribution in [3.8, 4) is 0 Å². The number of nitro groups is 1. The van der Waals surface area contributed by atoms with Crippen molar-refractivity contribution in [2.24, 2.45) is 0 Å². The molecule has 2 atom stereocenters. The molecular weight excluding hydrogens is 471 g/mol. The summed E-state index contributed by atoms with van der Waals surface area (Å²) in [4.78, 5) is 35.9. The zero-order chi connectivity index (χ0) is 24.0. The van der Waals surface area contributed by atoms with Crippen LogP contribution in [0.15, 0.2) is 72.8 Å². The molecular formula is C23H18Cl2N2O6. The number of hydrogen-bond donors (Lipinski definition) is 2. The van der Waals surface area contributed by atoms with Gasteiger partial charge in [-0.25, -0.2) is 4.79 Å². The Morgan fingerprint density at radius 1 is 0.909 bits per heavy atom. The minimum atomic E-state index is -1.14. The molecule has 0 heterocycles. The maximum Gasteiger partial charge on any atom is 0.338 e. The van der Waals surface area contributed by atoms with Crippen molar-refractivity contribution >= 4 is 40.8 Å². The molecule has 0 saturated carbocycles. The zero-order valence-electron chi connectivity index (χ0n) is 17.0. The van der Waals surface area contributed by atoms with Crippen LogP contribution in [0.5, 0.6) is 0 Å². The lowest BCUT2D eigenvalue weighted by atomic mass is 10.0. The summed E-state index contributed by atoms with van der Waals surface area (Å²) in [6, 6.07) is 16.3. The number of hydrogen-bond acceptors (Lipinski definition) is 6. The van der Waals surface area contributed by atoms with E-state index in [0.717, 1.165) is 0 Å². The lowest BCUT2D eigenvalue weighted by molar-refractivity contribution is -0.384. The highest BCUT2D eigenvalue weighted by atomic mass is 35.5. The van der Waals surface area contributed by atoms with Crippen LogP contribution in [0.4, 0.5) is 5.69 Å². The second-order valence-electron chi connectivity index (χ2n) is 6.95. The zero-order valence-corrected chi connectivity index (χ0v) is 18.5. The van der Waals surface area contributed by atoms with Crippen molar-refractivity contribution < 1.29 is 24.4 Å². The van der Waals surface area contributed by atoms with Crippen LogP contribution in [-0.2, 0) is 4.74 Å². The average molecular weight is 489 g/mol. The fourth-order valence-corrected chi connectivity index (χ4v) is 3.26. The number of rotatable bonds is 8. The van der Waals surface area contributed by atoms with Gasteiger partial charge in [-0.15, -0.1) is 0 Å². The van der Waals surface area contributed by atoms with E-state index in [1.807, 2.05) is 0 Å². The first-order valence-corrected chi connectivity index (χ1v) is 10.4. The largest absolute Gasteiger partial charge is 0.452 e. The van der Waals surface area contributed by atoms with Gasteiger partial charge in [-0.2, -0.15) is 0 Å².